The minimum atomic E-state index is -0.460. The number of piperazine rings is 1. The zero-order valence-corrected chi connectivity index (χ0v) is 22.7. The number of aromatic nitrogens is 2. The molecular formula is C30H36FN5O4. The SMILES string of the molecule is COC(=O)N[C@H]1CCCC[C@@H]1n1cnc(C(=O)N2CCNC[C@H]2CCOc2cccc(F)c2)c1-c1ccccc1. The van der Waals surface area contributed by atoms with Crippen LogP contribution >= 0.6 is 0 Å². The number of amides is 2. The zero-order chi connectivity index (χ0) is 27.9. The number of methoxy groups -OCH3 is 1. The molecule has 212 valence electrons. The van der Waals surface area contributed by atoms with Gasteiger partial charge < -0.3 is 29.6 Å². The molecule has 0 spiro atoms. The van der Waals surface area contributed by atoms with Crippen LogP contribution < -0.4 is 15.4 Å². The molecule has 10 heteroatoms. The Kier molecular flexibility index (Phi) is 8.95. The van der Waals surface area contributed by atoms with Gasteiger partial charge in [-0.25, -0.2) is 14.2 Å². The molecule has 2 fully saturated rings. The summed E-state index contributed by atoms with van der Waals surface area (Å²) in [6, 6.07) is 15.6. The molecule has 3 atom stereocenters. The van der Waals surface area contributed by atoms with Crippen molar-refractivity contribution in [2.75, 3.05) is 33.4 Å². The van der Waals surface area contributed by atoms with E-state index in [9.17, 15) is 14.0 Å². The summed E-state index contributed by atoms with van der Waals surface area (Å²) in [5.74, 6) is -0.0165. The molecule has 1 aliphatic carbocycles. The van der Waals surface area contributed by atoms with E-state index in [2.05, 4.69) is 20.2 Å². The molecule has 1 saturated heterocycles. The second-order valence-electron chi connectivity index (χ2n) is 10.3. The lowest BCUT2D eigenvalue weighted by molar-refractivity contribution is 0.0601. The van der Waals surface area contributed by atoms with Crippen molar-refractivity contribution in [1.29, 1.82) is 0 Å². The molecular weight excluding hydrogens is 513 g/mol. The molecule has 2 amide bonds. The fraction of sp³-hybridized carbons (Fsp3) is 0.433. The maximum atomic E-state index is 14.1. The van der Waals surface area contributed by atoms with Gasteiger partial charge in [-0.15, -0.1) is 0 Å². The number of rotatable bonds is 8. The van der Waals surface area contributed by atoms with Crippen LogP contribution in [0.1, 0.15) is 48.6 Å². The number of alkyl carbamates (subject to hydrolysis) is 1. The number of carbonyl (C=O) groups is 2. The Labute approximate surface area is 233 Å². The Morgan fingerprint density at radius 3 is 2.75 bits per heavy atom. The number of ether oxygens (including phenoxy) is 2. The normalized spacial score (nSPS) is 21.1. The monoisotopic (exact) mass is 549 g/mol. The Morgan fingerprint density at radius 2 is 1.95 bits per heavy atom. The molecule has 2 N–H and O–H groups in total. The van der Waals surface area contributed by atoms with Crippen molar-refractivity contribution in [3.05, 3.63) is 72.4 Å². The summed E-state index contributed by atoms with van der Waals surface area (Å²) in [6.45, 7) is 2.21. The standard InChI is InChI=1S/C30H36FN5O4/c1-39-30(38)34-25-12-5-6-13-26(25)36-20-33-27(28(36)21-8-3-2-4-9-21)29(37)35-16-15-32-19-23(35)14-17-40-24-11-7-10-22(31)18-24/h2-4,7-11,18,20,23,25-26,32H,5-6,12-17,19H2,1H3,(H,34,38)/t23-,25+,26+/m1/s1. The Morgan fingerprint density at radius 1 is 1.12 bits per heavy atom. The van der Waals surface area contributed by atoms with E-state index in [-0.39, 0.29) is 29.8 Å². The van der Waals surface area contributed by atoms with Crippen LogP contribution in [-0.4, -0.2) is 71.9 Å². The summed E-state index contributed by atoms with van der Waals surface area (Å²) in [5, 5.41) is 6.37. The van der Waals surface area contributed by atoms with Gasteiger partial charge in [-0.05, 0) is 25.0 Å². The highest BCUT2D eigenvalue weighted by Gasteiger charge is 2.35. The highest BCUT2D eigenvalue weighted by atomic mass is 19.1. The van der Waals surface area contributed by atoms with E-state index in [1.165, 1.54) is 19.2 Å². The van der Waals surface area contributed by atoms with Gasteiger partial charge in [-0.1, -0.05) is 49.2 Å². The van der Waals surface area contributed by atoms with Crippen molar-refractivity contribution >= 4 is 12.0 Å². The van der Waals surface area contributed by atoms with E-state index in [0.29, 0.717) is 44.1 Å². The molecule has 0 bridgehead atoms. The van der Waals surface area contributed by atoms with Crippen molar-refractivity contribution < 1.29 is 23.5 Å². The summed E-state index contributed by atoms with van der Waals surface area (Å²) in [4.78, 5) is 32.8. The molecule has 2 aliphatic rings. The highest BCUT2D eigenvalue weighted by Crippen LogP contribution is 2.35. The zero-order valence-electron chi connectivity index (χ0n) is 22.7. The molecule has 0 radical (unpaired) electrons. The number of nitrogens with one attached hydrogen (secondary N) is 2. The number of hydrogen-bond donors (Lipinski definition) is 2. The van der Waals surface area contributed by atoms with E-state index < -0.39 is 6.09 Å². The fourth-order valence-corrected chi connectivity index (χ4v) is 5.77. The lowest BCUT2D eigenvalue weighted by Gasteiger charge is -2.36. The van der Waals surface area contributed by atoms with E-state index in [4.69, 9.17) is 9.47 Å². The number of carbonyl (C=O) groups excluding carboxylic acids is 2. The molecule has 9 nitrogen and oxygen atoms in total. The van der Waals surface area contributed by atoms with Crippen LogP contribution in [0.5, 0.6) is 5.75 Å². The molecule has 0 unspecified atom stereocenters. The summed E-state index contributed by atoms with van der Waals surface area (Å²) >= 11 is 0. The number of hydrogen-bond acceptors (Lipinski definition) is 6. The van der Waals surface area contributed by atoms with E-state index >= 15 is 0 Å². The van der Waals surface area contributed by atoms with Gasteiger partial charge in [0, 0.05) is 43.7 Å². The summed E-state index contributed by atoms with van der Waals surface area (Å²) in [6.07, 6.45) is 5.56. The molecule has 2 aromatic carbocycles. The first kappa shape index (κ1) is 27.6. The van der Waals surface area contributed by atoms with E-state index in [0.717, 1.165) is 36.9 Å². The Bertz CT molecular complexity index is 1300. The van der Waals surface area contributed by atoms with Gasteiger partial charge in [-0.2, -0.15) is 0 Å². The van der Waals surface area contributed by atoms with Gasteiger partial charge in [0.1, 0.15) is 11.6 Å². The molecule has 3 aromatic rings. The average Bonchev–Trinajstić information content (AvgIpc) is 3.43. The van der Waals surface area contributed by atoms with E-state index in [1.54, 1.807) is 18.5 Å². The van der Waals surface area contributed by atoms with Gasteiger partial charge in [0.05, 0.1) is 37.8 Å². The number of imidazole rings is 1. The molecule has 2 heterocycles. The van der Waals surface area contributed by atoms with Crippen LogP contribution in [-0.2, 0) is 4.74 Å². The van der Waals surface area contributed by atoms with Gasteiger partial charge >= 0.3 is 6.09 Å². The molecule has 1 saturated carbocycles. The van der Waals surface area contributed by atoms with Crippen LogP contribution in [0.15, 0.2) is 60.9 Å². The van der Waals surface area contributed by atoms with Crippen molar-refractivity contribution in [1.82, 2.24) is 25.1 Å². The second-order valence-corrected chi connectivity index (χ2v) is 10.3. The van der Waals surface area contributed by atoms with Crippen LogP contribution in [0.4, 0.5) is 9.18 Å². The number of benzene rings is 2. The smallest absolute Gasteiger partial charge is 0.407 e. The third-order valence-corrected chi connectivity index (χ3v) is 7.75. The second kappa shape index (κ2) is 13.0. The minimum absolute atomic E-state index is 0.0596. The van der Waals surface area contributed by atoms with Crippen molar-refractivity contribution in [2.24, 2.45) is 0 Å². The Hall–Kier alpha value is -3.92. The van der Waals surface area contributed by atoms with Crippen molar-refractivity contribution in [2.45, 2.75) is 50.2 Å². The molecule has 1 aliphatic heterocycles. The summed E-state index contributed by atoms with van der Waals surface area (Å²) < 4.78 is 26.3. The summed E-state index contributed by atoms with van der Waals surface area (Å²) in [5.41, 5.74) is 2.04. The van der Waals surface area contributed by atoms with Crippen LogP contribution in [0.25, 0.3) is 11.3 Å². The quantitative estimate of drug-likeness (QED) is 0.432. The highest BCUT2D eigenvalue weighted by molar-refractivity contribution is 5.98. The van der Waals surface area contributed by atoms with Gasteiger partial charge in [-0.3, -0.25) is 4.79 Å². The van der Waals surface area contributed by atoms with Gasteiger partial charge in [0.15, 0.2) is 5.69 Å². The predicted molar refractivity (Wildman–Crippen MR) is 149 cm³/mol. The summed E-state index contributed by atoms with van der Waals surface area (Å²) in [7, 11) is 1.36. The largest absolute Gasteiger partial charge is 0.493 e. The molecule has 5 rings (SSSR count). The third kappa shape index (κ3) is 6.28. The predicted octanol–water partition coefficient (Wildman–Crippen LogP) is 4.41. The lowest BCUT2D eigenvalue weighted by atomic mass is 9.89. The van der Waals surface area contributed by atoms with Gasteiger partial charge in [0.25, 0.3) is 5.91 Å². The average molecular weight is 550 g/mol. The minimum Gasteiger partial charge on any atom is -0.493 e. The topological polar surface area (TPSA) is 97.7 Å². The van der Waals surface area contributed by atoms with Crippen LogP contribution in [0, 0.1) is 5.82 Å². The number of halogens is 1. The molecule has 40 heavy (non-hydrogen) atoms. The van der Waals surface area contributed by atoms with Gasteiger partial charge in [0.2, 0.25) is 0 Å². The van der Waals surface area contributed by atoms with E-state index in [1.807, 2.05) is 35.2 Å². The maximum Gasteiger partial charge on any atom is 0.407 e. The fourth-order valence-electron chi connectivity index (χ4n) is 5.77. The first-order valence-electron chi connectivity index (χ1n) is 13.9. The third-order valence-electron chi connectivity index (χ3n) is 7.75. The van der Waals surface area contributed by atoms with Crippen LogP contribution in [0.2, 0.25) is 0 Å². The Balaban J connectivity index is 1.41. The first-order chi connectivity index (χ1) is 19.5. The first-order valence-corrected chi connectivity index (χ1v) is 13.9. The lowest BCUT2D eigenvalue weighted by Crippen LogP contribution is -2.54. The van der Waals surface area contributed by atoms with Crippen LogP contribution in [0.3, 0.4) is 0 Å². The molecule has 1 aromatic heterocycles. The van der Waals surface area contributed by atoms with Crippen molar-refractivity contribution in [3.8, 4) is 17.0 Å². The van der Waals surface area contributed by atoms with Crippen molar-refractivity contribution in [3.63, 3.8) is 0 Å². The maximum absolute atomic E-state index is 14.1. The number of nitrogens with zero attached hydrogens (tertiary/aromatic N) is 3.